The van der Waals surface area contributed by atoms with E-state index in [0.717, 1.165) is 24.2 Å². The monoisotopic (exact) mass is 244 g/mol. The van der Waals surface area contributed by atoms with Gasteiger partial charge in [0.15, 0.2) is 5.82 Å². The Morgan fingerprint density at radius 3 is 2.78 bits per heavy atom. The third-order valence-electron chi connectivity index (χ3n) is 2.42. The van der Waals surface area contributed by atoms with Gasteiger partial charge in [0.25, 0.3) is 0 Å². The molecule has 1 aromatic carbocycles. The lowest BCUT2D eigenvalue weighted by molar-refractivity contribution is 0.262. The first-order chi connectivity index (χ1) is 8.78. The van der Waals surface area contributed by atoms with Gasteiger partial charge in [0.1, 0.15) is 0 Å². The zero-order valence-electron chi connectivity index (χ0n) is 10.2. The van der Waals surface area contributed by atoms with Gasteiger partial charge in [0.2, 0.25) is 0 Å². The summed E-state index contributed by atoms with van der Waals surface area (Å²) in [6.45, 7) is 2.09. The number of aromatic amines is 1. The van der Waals surface area contributed by atoms with Crippen molar-refractivity contribution in [1.29, 1.82) is 0 Å². The first-order valence-corrected chi connectivity index (χ1v) is 5.95. The number of hydrogen-bond acceptors (Lipinski definition) is 2. The van der Waals surface area contributed by atoms with Crippen molar-refractivity contribution in [2.45, 2.75) is 19.8 Å². The molecule has 2 aromatic rings. The molecule has 94 valence electrons. The Balaban J connectivity index is 1.90. The van der Waals surface area contributed by atoms with Crippen LogP contribution in [0.4, 0.5) is 16.3 Å². The predicted octanol–water partition coefficient (Wildman–Crippen LogP) is 3.01. The molecular weight excluding hydrogens is 228 g/mol. The maximum atomic E-state index is 11.7. The Hall–Kier alpha value is -2.30. The van der Waals surface area contributed by atoms with Crippen LogP contribution in [0.1, 0.15) is 19.0 Å². The molecule has 18 heavy (non-hydrogen) atoms. The highest BCUT2D eigenvalue weighted by Gasteiger charge is 2.05. The highest BCUT2D eigenvalue weighted by molar-refractivity contribution is 5.99. The van der Waals surface area contributed by atoms with E-state index in [9.17, 15) is 4.79 Å². The number of nitrogens with one attached hydrogen (secondary N) is 3. The normalized spacial score (nSPS) is 10.1. The first kappa shape index (κ1) is 12.2. The number of H-pyrrole nitrogens is 1. The van der Waals surface area contributed by atoms with E-state index < -0.39 is 0 Å². The standard InChI is InChI=1S/C13H16N4O/c1-2-6-11-9-12(17-16-11)15-13(18)14-10-7-4-3-5-8-10/h3-5,7-9H,2,6H2,1H3,(H3,14,15,16,17,18). The van der Waals surface area contributed by atoms with Gasteiger partial charge in [0, 0.05) is 17.4 Å². The van der Waals surface area contributed by atoms with Crippen molar-refractivity contribution in [2.24, 2.45) is 0 Å². The van der Waals surface area contributed by atoms with Crippen LogP contribution >= 0.6 is 0 Å². The Labute approximate surface area is 106 Å². The van der Waals surface area contributed by atoms with Crippen molar-refractivity contribution in [2.75, 3.05) is 10.6 Å². The summed E-state index contributed by atoms with van der Waals surface area (Å²) in [5, 5.41) is 12.3. The van der Waals surface area contributed by atoms with Crippen LogP contribution in [-0.4, -0.2) is 16.2 Å². The molecule has 5 heteroatoms. The Morgan fingerprint density at radius 2 is 2.06 bits per heavy atom. The van der Waals surface area contributed by atoms with E-state index in [1.807, 2.05) is 36.4 Å². The Kier molecular flexibility index (Phi) is 3.96. The van der Waals surface area contributed by atoms with Crippen molar-refractivity contribution < 1.29 is 4.79 Å². The average Bonchev–Trinajstić information content (AvgIpc) is 2.78. The first-order valence-electron chi connectivity index (χ1n) is 5.95. The molecule has 0 saturated carbocycles. The summed E-state index contributed by atoms with van der Waals surface area (Å²) in [6.07, 6.45) is 1.97. The highest BCUT2D eigenvalue weighted by Crippen LogP contribution is 2.09. The number of amides is 2. The molecule has 0 spiro atoms. The summed E-state index contributed by atoms with van der Waals surface area (Å²) in [5.74, 6) is 0.534. The summed E-state index contributed by atoms with van der Waals surface area (Å²) in [7, 11) is 0. The predicted molar refractivity (Wildman–Crippen MR) is 71.7 cm³/mol. The van der Waals surface area contributed by atoms with Crippen LogP contribution in [0, 0.1) is 0 Å². The van der Waals surface area contributed by atoms with Crippen LogP contribution < -0.4 is 10.6 Å². The lowest BCUT2D eigenvalue weighted by Gasteiger charge is -2.04. The number of rotatable bonds is 4. The second-order valence-electron chi connectivity index (χ2n) is 3.97. The molecule has 5 nitrogen and oxygen atoms in total. The van der Waals surface area contributed by atoms with Crippen molar-refractivity contribution in [3.05, 3.63) is 42.1 Å². The lowest BCUT2D eigenvalue weighted by atomic mass is 10.2. The fourth-order valence-corrected chi connectivity index (χ4v) is 1.62. The molecule has 0 radical (unpaired) electrons. The average molecular weight is 244 g/mol. The second kappa shape index (κ2) is 5.86. The molecule has 1 aromatic heterocycles. The lowest BCUT2D eigenvalue weighted by Crippen LogP contribution is -2.19. The van der Waals surface area contributed by atoms with Crippen molar-refractivity contribution in [1.82, 2.24) is 10.2 Å². The fraction of sp³-hybridized carbons (Fsp3) is 0.231. The minimum atomic E-state index is -0.296. The molecule has 3 N–H and O–H groups in total. The SMILES string of the molecule is CCCc1cc(NC(=O)Nc2ccccc2)n[nH]1. The molecule has 0 saturated heterocycles. The maximum absolute atomic E-state index is 11.7. The van der Waals surface area contributed by atoms with Crippen LogP contribution in [-0.2, 0) is 6.42 Å². The molecule has 2 amide bonds. The molecule has 0 aliphatic heterocycles. The summed E-state index contributed by atoms with van der Waals surface area (Å²) in [4.78, 5) is 11.7. The molecule has 2 rings (SSSR count). The van der Waals surface area contributed by atoms with Gasteiger partial charge in [-0.1, -0.05) is 31.5 Å². The molecule has 1 heterocycles. The van der Waals surface area contributed by atoms with Crippen LogP contribution in [0.5, 0.6) is 0 Å². The summed E-state index contributed by atoms with van der Waals surface area (Å²) in [6, 6.07) is 10.8. The third kappa shape index (κ3) is 3.35. The topological polar surface area (TPSA) is 69.8 Å². The van der Waals surface area contributed by atoms with Gasteiger partial charge in [-0.15, -0.1) is 0 Å². The molecule has 0 atom stereocenters. The van der Waals surface area contributed by atoms with Gasteiger partial charge in [-0.3, -0.25) is 10.4 Å². The second-order valence-corrected chi connectivity index (χ2v) is 3.97. The van der Waals surface area contributed by atoms with Crippen molar-refractivity contribution >= 4 is 17.5 Å². The number of carbonyl (C=O) groups excluding carboxylic acids is 1. The van der Waals surface area contributed by atoms with Gasteiger partial charge in [-0.25, -0.2) is 4.79 Å². The smallest absolute Gasteiger partial charge is 0.308 e. The van der Waals surface area contributed by atoms with Gasteiger partial charge in [0.05, 0.1) is 0 Å². The van der Waals surface area contributed by atoms with E-state index in [1.165, 1.54) is 0 Å². The largest absolute Gasteiger partial charge is 0.324 e. The van der Waals surface area contributed by atoms with E-state index in [4.69, 9.17) is 0 Å². The number of carbonyl (C=O) groups is 1. The van der Waals surface area contributed by atoms with Crippen LogP contribution in [0.15, 0.2) is 36.4 Å². The van der Waals surface area contributed by atoms with E-state index in [2.05, 4.69) is 27.8 Å². The zero-order chi connectivity index (χ0) is 12.8. The Bertz CT molecular complexity index is 507. The third-order valence-corrected chi connectivity index (χ3v) is 2.42. The van der Waals surface area contributed by atoms with Crippen LogP contribution in [0.2, 0.25) is 0 Å². The van der Waals surface area contributed by atoms with E-state index in [-0.39, 0.29) is 6.03 Å². The number of para-hydroxylation sites is 1. The summed E-state index contributed by atoms with van der Waals surface area (Å²) in [5.41, 5.74) is 1.77. The molecular formula is C13H16N4O. The van der Waals surface area contributed by atoms with Gasteiger partial charge in [-0.05, 0) is 18.6 Å². The van der Waals surface area contributed by atoms with E-state index >= 15 is 0 Å². The van der Waals surface area contributed by atoms with E-state index in [1.54, 1.807) is 0 Å². The number of aromatic nitrogens is 2. The number of urea groups is 1. The van der Waals surface area contributed by atoms with Gasteiger partial charge >= 0.3 is 6.03 Å². The van der Waals surface area contributed by atoms with Crippen molar-refractivity contribution in [3.8, 4) is 0 Å². The quantitative estimate of drug-likeness (QED) is 0.773. The van der Waals surface area contributed by atoms with E-state index in [0.29, 0.717) is 5.82 Å². The Morgan fingerprint density at radius 1 is 1.28 bits per heavy atom. The van der Waals surface area contributed by atoms with Crippen LogP contribution in [0.25, 0.3) is 0 Å². The number of benzene rings is 1. The number of hydrogen-bond donors (Lipinski definition) is 3. The number of anilines is 2. The van der Waals surface area contributed by atoms with Gasteiger partial charge in [-0.2, -0.15) is 5.10 Å². The summed E-state index contributed by atoms with van der Waals surface area (Å²) >= 11 is 0. The minimum Gasteiger partial charge on any atom is -0.308 e. The minimum absolute atomic E-state index is 0.296. The van der Waals surface area contributed by atoms with Crippen LogP contribution in [0.3, 0.4) is 0 Å². The fourth-order valence-electron chi connectivity index (χ4n) is 1.62. The van der Waals surface area contributed by atoms with Crippen molar-refractivity contribution in [3.63, 3.8) is 0 Å². The summed E-state index contributed by atoms with van der Waals surface area (Å²) < 4.78 is 0. The van der Waals surface area contributed by atoms with Gasteiger partial charge < -0.3 is 5.32 Å². The number of aryl methyl sites for hydroxylation is 1. The molecule has 0 fully saturated rings. The maximum Gasteiger partial charge on any atom is 0.324 e. The molecule has 0 bridgehead atoms. The molecule has 0 aliphatic carbocycles. The zero-order valence-corrected chi connectivity index (χ0v) is 10.2. The number of nitrogens with zero attached hydrogens (tertiary/aromatic N) is 1. The highest BCUT2D eigenvalue weighted by atomic mass is 16.2. The molecule has 0 aliphatic rings. The molecule has 0 unspecified atom stereocenters.